The van der Waals surface area contributed by atoms with Crippen LogP contribution in [0, 0.1) is 6.92 Å². The monoisotopic (exact) mass is 303 g/mol. The van der Waals surface area contributed by atoms with Crippen LogP contribution in [0.5, 0.6) is 5.75 Å². The van der Waals surface area contributed by atoms with Crippen molar-refractivity contribution in [3.8, 4) is 5.75 Å². The molecule has 0 saturated heterocycles. The summed E-state index contributed by atoms with van der Waals surface area (Å²) in [5.41, 5.74) is 1.64. The fourth-order valence-electron chi connectivity index (χ4n) is 2.03. The second-order valence-corrected chi connectivity index (χ2v) is 4.75. The maximum atomic E-state index is 12.0. The zero-order chi connectivity index (χ0) is 16.1. The maximum absolute atomic E-state index is 12.0. The Bertz CT molecular complexity index is 694. The van der Waals surface area contributed by atoms with E-state index in [0.717, 1.165) is 5.56 Å². The number of amides is 1. The Morgan fingerprint density at radius 1 is 1.36 bits per heavy atom. The predicted molar refractivity (Wildman–Crippen MR) is 80.2 cm³/mol. The van der Waals surface area contributed by atoms with Gasteiger partial charge in [0.05, 0.1) is 19.3 Å². The van der Waals surface area contributed by atoms with Gasteiger partial charge in [-0.3, -0.25) is 9.48 Å². The Balaban J connectivity index is 2.00. The van der Waals surface area contributed by atoms with Crippen LogP contribution in [0.4, 0.5) is 5.69 Å². The molecule has 2 aromatic rings. The summed E-state index contributed by atoms with van der Waals surface area (Å²) in [6, 6.07) is 6.87. The van der Waals surface area contributed by atoms with E-state index in [1.54, 1.807) is 6.07 Å². The molecule has 0 aliphatic carbocycles. The van der Waals surface area contributed by atoms with Crippen molar-refractivity contribution in [2.24, 2.45) is 0 Å². The first kappa shape index (κ1) is 15.6. The van der Waals surface area contributed by atoms with Crippen LogP contribution in [-0.4, -0.2) is 33.9 Å². The lowest BCUT2D eigenvalue weighted by Gasteiger charge is -2.11. The van der Waals surface area contributed by atoms with Gasteiger partial charge in [-0.05, 0) is 30.7 Å². The first-order valence-electron chi connectivity index (χ1n) is 6.71. The number of aromatic carboxylic acids is 1. The van der Waals surface area contributed by atoms with E-state index in [0.29, 0.717) is 11.4 Å². The van der Waals surface area contributed by atoms with E-state index in [1.165, 1.54) is 24.1 Å². The number of nitrogens with one attached hydrogen (secondary N) is 1. The molecule has 0 saturated carbocycles. The molecule has 0 unspecified atom stereocenters. The summed E-state index contributed by atoms with van der Waals surface area (Å²) in [5, 5.41) is 15.6. The van der Waals surface area contributed by atoms with Crippen LogP contribution in [0.3, 0.4) is 0 Å². The van der Waals surface area contributed by atoms with Crippen molar-refractivity contribution in [1.29, 1.82) is 0 Å². The highest BCUT2D eigenvalue weighted by molar-refractivity contribution is 5.92. The summed E-state index contributed by atoms with van der Waals surface area (Å²) in [6.45, 7) is 2.10. The molecule has 116 valence electrons. The van der Waals surface area contributed by atoms with E-state index in [1.807, 2.05) is 19.1 Å². The van der Waals surface area contributed by atoms with Gasteiger partial charge in [-0.25, -0.2) is 4.79 Å². The fourth-order valence-corrected chi connectivity index (χ4v) is 2.03. The average molecular weight is 303 g/mol. The van der Waals surface area contributed by atoms with Crippen molar-refractivity contribution < 1.29 is 19.4 Å². The number of carbonyl (C=O) groups is 2. The molecule has 2 N–H and O–H groups in total. The molecule has 7 heteroatoms. The second kappa shape index (κ2) is 6.75. The zero-order valence-electron chi connectivity index (χ0n) is 12.4. The summed E-state index contributed by atoms with van der Waals surface area (Å²) in [7, 11) is 1.53. The third-order valence-electron chi connectivity index (χ3n) is 3.12. The molecule has 0 spiro atoms. The van der Waals surface area contributed by atoms with Gasteiger partial charge < -0.3 is 15.2 Å². The van der Waals surface area contributed by atoms with Crippen LogP contribution in [0.15, 0.2) is 30.5 Å². The number of ether oxygens (including phenoxy) is 1. The number of anilines is 1. The third-order valence-corrected chi connectivity index (χ3v) is 3.12. The van der Waals surface area contributed by atoms with Crippen molar-refractivity contribution >= 4 is 17.6 Å². The number of hydrogen-bond donors (Lipinski definition) is 2. The third kappa shape index (κ3) is 3.63. The Labute approximate surface area is 127 Å². The van der Waals surface area contributed by atoms with Crippen LogP contribution >= 0.6 is 0 Å². The maximum Gasteiger partial charge on any atom is 0.354 e. The number of carboxylic acid groups (broad SMARTS) is 1. The molecule has 0 aliphatic rings. The summed E-state index contributed by atoms with van der Waals surface area (Å²) in [5.74, 6) is -0.738. The first-order valence-corrected chi connectivity index (χ1v) is 6.71. The van der Waals surface area contributed by atoms with E-state index in [4.69, 9.17) is 9.84 Å². The van der Waals surface area contributed by atoms with Gasteiger partial charge in [0.1, 0.15) is 11.4 Å². The molecule has 2 rings (SSSR count). The summed E-state index contributed by atoms with van der Waals surface area (Å²) in [6.07, 6.45) is 1.50. The van der Waals surface area contributed by atoms with Crippen LogP contribution in [0.1, 0.15) is 22.5 Å². The molecule has 0 atom stereocenters. The number of hydrogen-bond acceptors (Lipinski definition) is 4. The number of carboxylic acids is 1. The highest BCUT2D eigenvalue weighted by Gasteiger charge is 2.12. The highest BCUT2D eigenvalue weighted by Crippen LogP contribution is 2.25. The molecule has 7 nitrogen and oxygen atoms in total. The summed E-state index contributed by atoms with van der Waals surface area (Å²) in [4.78, 5) is 23.0. The minimum Gasteiger partial charge on any atom is -0.495 e. The van der Waals surface area contributed by atoms with E-state index < -0.39 is 5.97 Å². The number of nitrogens with zero attached hydrogens (tertiary/aromatic N) is 2. The molecular weight excluding hydrogens is 286 g/mol. The lowest BCUT2D eigenvalue weighted by molar-refractivity contribution is -0.116. The van der Waals surface area contributed by atoms with Crippen LogP contribution < -0.4 is 10.1 Å². The summed E-state index contributed by atoms with van der Waals surface area (Å²) >= 11 is 0. The van der Waals surface area contributed by atoms with Crippen molar-refractivity contribution in [3.05, 3.63) is 41.7 Å². The number of aryl methyl sites for hydroxylation is 2. The van der Waals surface area contributed by atoms with Crippen LogP contribution in [0.2, 0.25) is 0 Å². The van der Waals surface area contributed by atoms with E-state index in [9.17, 15) is 9.59 Å². The van der Waals surface area contributed by atoms with Gasteiger partial charge in [0, 0.05) is 12.6 Å². The smallest absolute Gasteiger partial charge is 0.354 e. The number of carbonyl (C=O) groups excluding carboxylic acids is 1. The molecule has 1 aromatic heterocycles. The largest absolute Gasteiger partial charge is 0.495 e. The average Bonchev–Trinajstić information content (AvgIpc) is 2.94. The Morgan fingerprint density at radius 2 is 2.14 bits per heavy atom. The van der Waals surface area contributed by atoms with E-state index in [-0.39, 0.29) is 24.6 Å². The number of rotatable bonds is 6. The number of aromatic nitrogens is 2. The Hall–Kier alpha value is -2.83. The minimum absolute atomic E-state index is 0.0564. The Kier molecular flexibility index (Phi) is 4.77. The molecule has 22 heavy (non-hydrogen) atoms. The molecule has 1 heterocycles. The Morgan fingerprint density at radius 3 is 2.82 bits per heavy atom. The van der Waals surface area contributed by atoms with Gasteiger partial charge >= 0.3 is 5.97 Å². The molecule has 1 amide bonds. The molecule has 0 radical (unpaired) electrons. The standard InChI is InChI=1S/C15H17N3O4/c1-10-3-4-13(22-2)11(9-10)17-14(19)6-8-18-12(15(20)21)5-7-16-18/h3-5,7,9H,6,8H2,1-2H3,(H,17,19)(H,20,21). The predicted octanol–water partition coefficient (Wildman–Crippen LogP) is 1.93. The number of methoxy groups -OCH3 is 1. The van der Waals surface area contributed by atoms with Crippen LogP contribution in [-0.2, 0) is 11.3 Å². The number of benzene rings is 1. The minimum atomic E-state index is -1.07. The fraction of sp³-hybridized carbons (Fsp3) is 0.267. The SMILES string of the molecule is COc1ccc(C)cc1NC(=O)CCn1nccc1C(=O)O. The van der Waals surface area contributed by atoms with Gasteiger partial charge in [-0.1, -0.05) is 6.07 Å². The van der Waals surface area contributed by atoms with E-state index in [2.05, 4.69) is 10.4 Å². The topological polar surface area (TPSA) is 93.5 Å². The first-order chi connectivity index (χ1) is 10.5. The van der Waals surface area contributed by atoms with Crippen LogP contribution in [0.25, 0.3) is 0 Å². The van der Waals surface area contributed by atoms with Crippen molar-refractivity contribution in [2.75, 3.05) is 12.4 Å². The van der Waals surface area contributed by atoms with E-state index >= 15 is 0 Å². The van der Waals surface area contributed by atoms with Gasteiger partial charge in [0.2, 0.25) is 5.91 Å². The van der Waals surface area contributed by atoms with Gasteiger partial charge in [-0.15, -0.1) is 0 Å². The highest BCUT2D eigenvalue weighted by atomic mass is 16.5. The van der Waals surface area contributed by atoms with Gasteiger partial charge in [0.15, 0.2) is 0 Å². The molecular formula is C15H17N3O4. The van der Waals surface area contributed by atoms with Crippen molar-refractivity contribution in [1.82, 2.24) is 9.78 Å². The normalized spacial score (nSPS) is 10.3. The van der Waals surface area contributed by atoms with Gasteiger partial charge in [0.25, 0.3) is 0 Å². The second-order valence-electron chi connectivity index (χ2n) is 4.75. The summed E-state index contributed by atoms with van der Waals surface area (Å²) < 4.78 is 6.48. The lowest BCUT2D eigenvalue weighted by Crippen LogP contribution is -2.17. The molecule has 1 aromatic carbocycles. The van der Waals surface area contributed by atoms with Crippen molar-refractivity contribution in [2.45, 2.75) is 19.9 Å². The zero-order valence-corrected chi connectivity index (χ0v) is 12.4. The lowest BCUT2D eigenvalue weighted by atomic mass is 10.2. The molecule has 0 bridgehead atoms. The van der Waals surface area contributed by atoms with Gasteiger partial charge in [-0.2, -0.15) is 5.10 Å². The quantitative estimate of drug-likeness (QED) is 0.850. The van der Waals surface area contributed by atoms with Crippen molar-refractivity contribution in [3.63, 3.8) is 0 Å². The molecule has 0 fully saturated rings. The molecule has 0 aliphatic heterocycles.